The van der Waals surface area contributed by atoms with Crippen LogP contribution in [0.5, 0.6) is 0 Å². The third-order valence-electron chi connectivity index (χ3n) is 4.06. The standard InChI is InChI=1S/C16H20N2O/c1-2-11-10-17-8-7-13(11)16(19)15-9-12-5-3-4-6-14(12)18-15/h2-6,9,13,16-19H,7-8,10H2,1H3/b11-2-/t13-,16?/m1/s1. The first-order chi connectivity index (χ1) is 9.29. The molecule has 1 saturated heterocycles. The quantitative estimate of drug-likeness (QED) is 0.724. The zero-order chi connectivity index (χ0) is 13.2. The summed E-state index contributed by atoms with van der Waals surface area (Å²) < 4.78 is 0. The van der Waals surface area contributed by atoms with E-state index in [0.717, 1.165) is 36.1 Å². The van der Waals surface area contributed by atoms with Gasteiger partial charge in [-0.05, 0) is 37.4 Å². The molecule has 100 valence electrons. The van der Waals surface area contributed by atoms with Gasteiger partial charge in [-0.2, -0.15) is 0 Å². The number of nitrogens with one attached hydrogen (secondary N) is 2. The number of para-hydroxylation sites is 1. The first kappa shape index (κ1) is 12.5. The van der Waals surface area contributed by atoms with E-state index < -0.39 is 6.10 Å². The first-order valence-corrected chi connectivity index (χ1v) is 6.91. The number of fused-ring (bicyclic) bond motifs is 1. The lowest BCUT2D eigenvalue weighted by Gasteiger charge is -2.29. The minimum Gasteiger partial charge on any atom is -0.386 e. The number of allylic oxidation sites excluding steroid dienone is 1. The molecule has 1 aliphatic heterocycles. The summed E-state index contributed by atoms with van der Waals surface area (Å²) in [6.07, 6.45) is 2.67. The molecule has 0 radical (unpaired) electrons. The van der Waals surface area contributed by atoms with Gasteiger partial charge in [-0.3, -0.25) is 0 Å². The van der Waals surface area contributed by atoms with Gasteiger partial charge in [-0.1, -0.05) is 29.8 Å². The molecule has 1 aromatic heterocycles. The summed E-state index contributed by atoms with van der Waals surface area (Å²) in [5.41, 5.74) is 3.32. The predicted molar refractivity (Wildman–Crippen MR) is 78.0 cm³/mol. The van der Waals surface area contributed by atoms with Crippen LogP contribution in [0.4, 0.5) is 0 Å². The van der Waals surface area contributed by atoms with Crippen molar-refractivity contribution in [3.05, 3.63) is 47.7 Å². The topological polar surface area (TPSA) is 48.0 Å². The second-order valence-electron chi connectivity index (χ2n) is 5.19. The highest BCUT2D eigenvalue weighted by molar-refractivity contribution is 5.80. The second-order valence-corrected chi connectivity index (χ2v) is 5.19. The van der Waals surface area contributed by atoms with Crippen molar-refractivity contribution in [3.63, 3.8) is 0 Å². The maximum absolute atomic E-state index is 10.6. The van der Waals surface area contributed by atoms with E-state index in [4.69, 9.17) is 0 Å². The number of hydrogen-bond acceptors (Lipinski definition) is 2. The lowest BCUT2D eigenvalue weighted by atomic mass is 9.86. The number of hydrogen-bond donors (Lipinski definition) is 3. The molecule has 1 unspecified atom stereocenters. The van der Waals surface area contributed by atoms with Crippen LogP contribution < -0.4 is 5.32 Å². The normalized spacial score (nSPS) is 23.9. The average Bonchev–Trinajstić information content (AvgIpc) is 2.90. The summed E-state index contributed by atoms with van der Waals surface area (Å²) in [5.74, 6) is 0.222. The Bertz CT molecular complexity index is 567. The number of benzene rings is 1. The lowest BCUT2D eigenvalue weighted by molar-refractivity contribution is 0.111. The molecule has 19 heavy (non-hydrogen) atoms. The average molecular weight is 256 g/mol. The zero-order valence-electron chi connectivity index (χ0n) is 11.2. The van der Waals surface area contributed by atoms with Crippen molar-refractivity contribution in [1.29, 1.82) is 0 Å². The van der Waals surface area contributed by atoms with Gasteiger partial charge in [0.15, 0.2) is 0 Å². The van der Waals surface area contributed by atoms with Crippen LogP contribution in [0.2, 0.25) is 0 Å². The number of H-pyrrole nitrogens is 1. The maximum Gasteiger partial charge on any atom is 0.100 e. The molecule has 3 nitrogen and oxygen atoms in total. The monoisotopic (exact) mass is 256 g/mol. The molecule has 2 aromatic rings. The Morgan fingerprint density at radius 1 is 1.37 bits per heavy atom. The zero-order valence-corrected chi connectivity index (χ0v) is 11.2. The molecule has 0 saturated carbocycles. The molecule has 1 aromatic carbocycles. The smallest absolute Gasteiger partial charge is 0.100 e. The minimum absolute atomic E-state index is 0.222. The second kappa shape index (κ2) is 5.19. The largest absolute Gasteiger partial charge is 0.386 e. The Kier molecular flexibility index (Phi) is 3.40. The van der Waals surface area contributed by atoms with Crippen LogP contribution >= 0.6 is 0 Å². The number of aromatic nitrogens is 1. The van der Waals surface area contributed by atoms with Crippen LogP contribution in [0.1, 0.15) is 25.1 Å². The van der Waals surface area contributed by atoms with Gasteiger partial charge >= 0.3 is 0 Å². The Morgan fingerprint density at radius 3 is 3.00 bits per heavy atom. The molecule has 3 N–H and O–H groups in total. The van der Waals surface area contributed by atoms with Crippen molar-refractivity contribution >= 4 is 10.9 Å². The molecule has 0 bridgehead atoms. The molecule has 3 rings (SSSR count). The molecule has 0 aliphatic carbocycles. The van der Waals surface area contributed by atoms with Gasteiger partial charge < -0.3 is 15.4 Å². The third-order valence-corrected chi connectivity index (χ3v) is 4.06. The number of rotatable bonds is 2. The fourth-order valence-electron chi connectivity index (χ4n) is 2.96. The fourth-order valence-corrected chi connectivity index (χ4v) is 2.96. The maximum atomic E-state index is 10.6. The summed E-state index contributed by atoms with van der Waals surface area (Å²) in [6.45, 7) is 3.91. The molecule has 0 spiro atoms. The fraction of sp³-hybridized carbons (Fsp3) is 0.375. The summed E-state index contributed by atoms with van der Waals surface area (Å²) in [4.78, 5) is 3.34. The van der Waals surface area contributed by atoms with Gasteiger partial charge in [-0.25, -0.2) is 0 Å². The number of aliphatic hydroxyl groups is 1. The lowest BCUT2D eigenvalue weighted by Crippen LogP contribution is -2.33. The van der Waals surface area contributed by atoms with Crippen molar-refractivity contribution in [2.24, 2.45) is 5.92 Å². The van der Waals surface area contributed by atoms with Gasteiger partial charge in [0.25, 0.3) is 0 Å². The van der Waals surface area contributed by atoms with Crippen LogP contribution in [-0.2, 0) is 0 Å². The van der Waals surface area contributed by atoms with E-state index >= 15 is 0 Å². The van der Waals surface area contributed by atoms with E-state index in [1.165, 1.54) is 5.57 Å². The van der Waals surface area contributed by atoms with Gasteiger partial charge in [0, 0.05) is 23.7 Å². The van der Waals surface area contributed by atoms with Crippen molar-refractivity contribution in [2.45, 2.75) is 19.4 Å². The van der Waals surface area contributed by atoms with Gasteiger partial charge in [-0.15, -0.1) is 0 Å². The minimum atomic E-state index is -0.444. The van der Waals surface area contributed by atoms with Crippen molar-refractivity contribution in [1.82, 2.24) is 10.3 Å². The van der Waals surface area contributed by atoms with E-state index in [0.29, 0.717) is 0 Å². The molecule has 2 atom stereocenters. The first-order valence-electron chi connectivity index (χ1n) is 6.91. The van der Waals surface area contributed by atoms with E-state index in [1.807, 2.05) is 25.1 Å². The summed E-state index contributed by atoms with van der Waals surface area (Å²) in [5, 5.41) is 15.2. The van der Waals surface area contributed by atoms with E-state index in [1.54, 1.807) is 0 Å². The Morgan fingerprint density at radius 2 is 2.21 bits per heavy atom. The Labute approximate surface area is 113 Å². The molecule has 0 amide bonds. The SMILES string of the molecule is C/C=C1/CNCC[C@H]1C(O)c1cc2ccccc2[nH]1. The number of piperidine rings is 1. The Balaban J connectivity index is 1.91. The number of aromatic amines is 1. The molecule has 3 heteroatoms. The molecular formula is C16H20N2O. The predicted octanol–water partition coefficient (Wildman–Crippen LogP) is 2.76. The van der Waals surface area contributed by atoms with Crippen LogP contribution in [0, 0.1) is 5.92 Å². The van der Waals surface area contributed by atoms with Gasteiger partial charge in [0.2, 0.25) is 0 Å². The Hall–Kier alpha value is -1.58. The van der Waals surface area contributed by atoms with E-state index in [-0.39, 0.29) is 5.92 Å². The molecule has 1 fully saturated rings. The summed E-state index contributed by atoms with van der Waals surface area (Å²) >= 11 is 0. The van der Waals surface area contributed by atoms with Crippen LogP contribution in [0.25, 0.3) is 10.9 Å². The molecular weight excluding hydrogens is 236 g/mol. The summed E-state index contributed by atoms with van der Waals surface area (Å²) in [6, 6.07) is 10.2. The van der Waals surface area contributed by atoms with Crippen LogP contribution in [-0.4, -0.2) is 23.2 Å². The van der Waals surface area contributed by atoms with Gasteiger partial charge in [0.1, 0.15) is 6.10 Å². The highest BCUT2D eigenvalue weighted by Crippen LogP contribution is 2.33. The molecule has 1 aliphatic rings. The highest BCUT2D eigenvalue weighted by atomic mass is 16.3. The highest BCUT2D eigenvalue weighted by Gasteiger charge is 2.27. The third kappa shape index (κ3) is 2.31. The number of aliphatic hydroxyl groups excluding tert-OH is 1. The van der Waals surface area contributed by atoms with Gasteiger partial charge in [0.05, 0.1) is 0 Å². The van der Waals surface area contributed by atoms with Crippen LogP contribution in [0.15, 0.2) is 42.0 Å². The van der Waals surface area contributed by atoms with Crippen molar-refractivity contribution in [3.8, 4) is 0 Å². The van der Waals surface area contributed by atoms with E-state index in [9.17, 15) is 5.11 Å². The van der Waals surface area contributed by atoms with Crippen molar-refractivity contribution < 1.29 is 5.11 Å². The summed E-state index contributed by atoms with van der Waals surface area (Å²) in [7, 11) is 0. The van der Waals surface area contributed by atoms with Crippen molar-refractivity contribution in [2.75, 3.05) is 13.1 Å². The molecule has 2 heterocycles. The van der Waals surface area contributed by atoms with Crippen LogP contribution in [0.3, 0.4) is 0 Å². The van der Waals surface area contributed by atoms with E-state index in [2.05, 4.69) is 28.5 Å².